The number of nitrogens with one attached hydrogen (secondary N) is 1. The smallest absolute Gasteiger partial charge is 0.316 e. The Labute approximate surface area is 205 Å². The largest absolute Gasteiger partial charge is 0.508 e. The first-order valence-electron chi connectivity index (χ1n) is 12.3. The van der Waals surface area contributed by atoms with Crippen molar-refractivity contribution in [2.45, 2.75) is 56.5 Å². The van der Waals surface area contributed by atoms with Gasteiger partial charge in [0.25, 0.3) is 0 Å². The first kappa shape index (κ1) is 23.2. The van der Waals surface area contributed by atoms with Crippen molar-refractivity contribution < 1.29 is 24.2 Å². The molecule has 2 N–H and O–H groups in total. The number of ether oxygens (including phenoxy) is 2. The standard InChI is InChI=1S/C29H31NO5/c1-17-26(29(33)35-23-8-3-4-9-23)27(19-6-5-7-21(31)14-19)28-24(30-17)15-20(16-25(28)32)18-10-12-22(34-2)13-11-18/h5-7,10-14,20,23,26-27,30-31H,1,3-4,8-9,15-16H2,2H3. The van der Waals surface area contributed by atoms with E-state index in [-0.39, 0.29) is 29.5 Å². The van der Waals surface area contributed by atoms with E-state index in [1.807, 2.05) is 30.3 Å². The molecule has 0 bridgehead atoms. The van der Waals surface area contributed by atoms with Gasteiger partial charge in [0.2, 0.25) is 0 Å². The zero-order chi connectivity index (χ0) is 24.5. The Kier molecular flexibility index (Phi) is 6.37. The number of phenolic OH excluding ortho intramolecular Hbond substituents is 1. The van der Waals surface area contributed by atoms with E-state index in [2.05, 4.69) is 11.9 Å². The van der Waals surface area contributed by atoms with Crippen LogP contribution < -0.4 is 10.1 Å². The minimum Gasteiger partial charge on any atom is -0.508 e. The molecule has 0 saturated heterocycles. The number of allylic oxidation sites excluding steroid dienone is 2. The van der Waals surface area contributed by atoms with Crippen molar-refractivity contribution in [2.24, 2.45) is 5.92 Å². The summed E-state index contributed by atoms with van der Waals surface area (Å²) >= 11 is 0. The molecule has 2 aliphatic carbocycles. The molecule has 1 heterocycles. The topological polar surface area (TPSA) is 84.9 Å². The molecule has 1 fully saturated rings. The number of ketones is 1. The molecule has 2 aromatic rings. The van der Waals surface area contributed by atoms with Crippen LogP contribution in [0, 0.1) is 5.92 Å². The Bertz CT molecular complexity index is 1180. The van der Waals surface area contributed by atoms with Crippen molar-refractivity contribution >= 4 is 11.8 Å². The highest BCUT2D eigenvalue weighted by Gasteiger charge is 2.46. The molecule has 3 unspecified atom stereocenters. The number of esters is 1. The summed E-state index contributed by atoms with van der Waals surface area (Å²) in [5.74, 6) is -0.775. The number of phenols is 1. The molecule has 0 spiro atoms. The molecule has 6 heteroatoms. The third kappa shape index (κ3) is 4.57. The molecular weight excluding hydrogens is 442 g/mol. The van der Waals surface area contributed by atoms with Crippen molar-refractivity contribution in [1.82, 2.24) is 5.32 Å². The van der Waals surface area contributed by atoms with Gasteiger partial charge in [-0.15, -0.1) is 0 Å². The number of carbonyl (C=O) groups excluding carboxylic acids is 2. The van der Waals surface area contributed by atoms with Crippen LogP contribution in [0.1, 0.15) is 61.5 Å². The number of hydrogen-bond donors (Lipinski definition) is 2. The van der Waals surface area contributed by atoms with Gasteiger partial charge in [-0.25, -0.2) is 0 Å². The summed E-state index contributed by atoms with van der Waals surface area (Å²) in [5, 5.41) is 13.5. The highest BCUT2D eigenvalue weighted by atomic mass is 16.5. The Balaban J connectivity index is 1.52. The van der Waals surface area contributed by atoms with Gasteiger partial charge in [-0.1, -0.05) is 30.8 Å². The molecule has 0 radical (unpaired) electrons. The molecule has 1 saturated carbocycles. The molecule has 0 aromatic heterocycles. The fraction of sp³-hybridized carbons (Fsp3) is 0.379. The van der Waals surface area contributed by atoms with E-state index >= 15 is 0 Å². The zero-order valence-corrected chi connectivity index (χ0v) is 20.0. The van der Waals surface area contributed by atoms with Crippen LogP contribution in [0.4, 0.5) is 0 Å². The molecule has 6 nitrogen and oxygen atoms in total. The van der Waals surface area contributed by atoms with Crippen molar-refractivity contribution in [3.8, 4) is 11.5 Å². The quantitative estimate of drug-likeness (QED) is 0.588. The lowest BCUT2D eigenvalue weighted by molar-refractivity contribution is -0.153. The zero-order valence-electron chi connectivity index (χ0n) is 20.0. The Hall–Kier alpha value is -3.54. The van der Waals surface area contributed by atoms with E-state index in [9.17, 15) is 14.7 Å². The molecule has 5 rings (SSSR count). The average Bonchev–Trinajstić information content (AvgIpc) is 3.36. The van der Waals surface area contributed by atoms with Gasteiger partial charge in [0, 0.05) is 29.3 Å². The third-order valence-corrected chi connectivity index (χ3v) is 7.49. The number of methoxy groups -OCH3 is 1. The predicted octanol–water partition coefficient (Wildman–Crippen LogP) is 5.10. The van der Waals surface area contributed by atoms with Gasteiger partial charge in [0.1, 0.15) is 23.5 Å². The summed E-state index contributed by atoms with van der Waals surface area (Å²) in [4.78, 5) is 27.1. The fourth-order valence-electron chi connectivity index (χ4n) is 5.76. The molecule has 1 aliphatic heterocycles. The average molecular weight is 474 g/mol. The van der Waals surface area contributed by atoms with E-state index in [4.69, 9.17) is 9.47 Å². The summed E-state index contributed by atoms with van der Waals surface area (Å²) in [6.07, 6.45) is 4.73. The normalized spacial score (nSPS) is 24.7. The van der Waals surface area contributed by atoms with Crippen molar-refractivity contribution in [3.63, 3.8) is 0 Å². The molecule has 2 aromatic carbocycles. The second-order valence-electron chi connectivity index (χ2n) is 9.74. The van der Waals surface area contributed by atoms with Crippen LogP contribution in [-0.2, 0) is 14.3 Å². The summed E-state index contributed by atoms with van der Waals surface area (Å²) in [6.45, 7) is 4.19. The maximum atomic E-state index is 13.7. The van der Waals surface area contributed by atoms with Crippen LogP contribution >= 0.6 is 0 Å². The molecule has 3 aliphatic rings. The van der Waals surface area contributed by atoms with E-state index in [0.717, 1.165) is 42.7 Å². The number of aromatic hydroxyl groups is 1. The van der Waals surface area contributed by atoms with Crippen LogP contribution in [0.15, 0.2) is 72.1 Å². The van der Waals surface area contributed by atoms with E-state index in [1.54, 1.807) is 25.3 Å². The van der Waals surface area contributed by atoms with E-state index in [0.29, 0.717) is 29.7 Å². The monoisotopic (exact) mass is 473 g/mol. The molecule has 35 heavy (non-hydrogen) atoms. The van der Waals surface area contributed by atoms with Crippen molar-refractivity contribution in [2.75, 3.05) is 7.11 Å². The second kappa shape index (κ2) is 9.61. The SMILES string of the molecule is C=C1NC2=C(C(=O)CC(c3ccc(OC)cc3)C2)C(c2cccc(O)c2)C1C(=O)OC1CCCC1. The number of benzene rings is 2. The van der Waals surface area contributed by atoms with Crippen LogP contribution in [0.25, 0.3) is 0 Å². The van der Waals surface area contributed by atoms with E-state index < -0.39 is 11.8 Å². The predicted molar refractivity (Wildman–Crippen MR) is 132 cm³/mol. The first-order chi connectivity index (χ1) is 16.9. The minimum atomic E-state index is -0.738. The van der Waals surface area contributed by atoms with Gasteiger partial charge in [-0.2, -0.15) is 0 Å². The highest BCUT2D eigenvalue weighted by molar-refractivity contribution is 6.01. The number of carbonyl (C=O) groups is 2. The van der Waals surface area contributed by atoms with Crippen LogP contribution in [0.2, 0.25) is 0 Å². The maximum absolute atomic E-state index is 13.7. The third-order valence-electron chi connectivity index (χ3n) is 7.49. The van der Waals surface area contributed by atoms with Crippen molar-refractivity contribution in [3.05, 3.63) is 83.2 Å². The van der Waals surface area contributed by atoms with E-state index in [1.165, 1.54) is 0 Å². The summed E-state index contributed by atoms with van der Waals surface area (Å²) in [6, 6.07) is 14.6. The molecule has 0 amide bonds. The van der Waals surface area contributed by atoms with Crippen LogP contribution in [0.5, 0.6) is 11.5 Å². The lowest BCUT2D eigenvalue weighted by Crippen LogP contribution is -2.42. The molecular formula is C29H31NO5. The second-order valence-corrected chi connectivity index (χ2v) is 9.74. The maximum Gasteiger partial charge on any atom is 0.316 e. The van der Waals surface area contributed by atoms with Gasteiger partial charge in [-0.05, 0) is 73.4 Å². The Morgan fingerprint density at radius 1 is 1.06 bits per heavy atom. The number of hydrogen-bond acceptors (Lipinski definition) is 6. The van der Waals surface area contributed by atoms with Gasteiger partial charge in [0.15, 0.2) is 5.78 Å². The minimum absolute atomic E-state index is 0.000854. The highest BCUT2D eigenvalue weighted by Crippen LogP contribution is 2.48. The van der Waals surface area contributed by atoms with Crippen LogP contribution in [0.3, 0.4) is 0 Å². The van der Waals surface area contributed by atoms with Gasteiger partial charge < -0.3 is 19.9 Å². The number of Topliss-reactive ketones (excluding diaryl/α,β-unsaturated/α-hetero) is 1. The lowest BCUT2D eigenvalue weighted by Gasteiger charge is -2.40. The van der Waals surface area contributed by atoms with Crippen molar-refractivity contribution in [1.29, 1.82) is 0 Å². The summed E-state index contributed by atoms with van der Waals surface area (Å²) < 4.78 is 11.1. The van der Waals surface area contributed by atoms with Crippen LogP contribution in [-0.4, -0.2) is 30.1 Å². The Morgan fingerprint density at radius 3 is 2.49 bits per heavy atom. The van der Waals surface area contributed by atoms with Gasteiger partial charge in [-0.3, -0.25) is 9.59 Å². The lowest BCUT2D eigenvalue weighted by atomic mass is 9.69. The molecule has 182 valence electrons. The molecule has 3 atom stereocenters. The first-order valence-corrected chi connectivity index (χ1v) is 12.3. The van der Waals surface area contributed by atoms with Gasteiger partial charge in [0.05, 0.1) is 7.11 Å². The summed E-state index contributed by atoms with van der Waals surface area (Å²) in [7, 11) is 1.63. The van der Waals surface area contributed by atoms with Gasteiger partial charge >= 0.3 is 5.97 Å². The summed E-state index contributed by atoms with van der Waals surface area (Å²) in [5.41, 5.74) is 3.70. The number of rotatable bonds is 5. The fourth-order valence-corrected chi connectivity index (χ4v) is 5.76. The Morgan fingerprint density at radius 2 is 1.80 bits per heavy atom.